The number of rotatable bonds is 7. The number of likely N-dealkylation sites (N-methyl/N-ethyl adjacent to an activating group) is 2. The highest BCUT2D eigenvalue weighted by Gasteiger charge is 2.45. The zero-order valence-corrected chi connectivity index (χ0v) is 12.2. The predicted molar refractivity (Wildman–Crippen MR) is 74.5 cm³/mol. The number of nitrogens with two attached hydrogens (primary N) is 1. The third-order valence-electron chi connectivity index (χ3n) is 5.05. The maximum atomic E-state index is 9.56. The molecule has 0 aliphatic heterocycles. The third-order valence-corrected chi connectivity index (χ3v) is 5.05. The summed E-state index contributed by atoms with van der Waals surface area (Å²) >= 11 is 0. The Kier molecular flexibility index (Phi) is 4.02. The Morgan fingerprint density at radius 3 is 2.22 bits per heavy atom. The van der Waals surface area contributed by atoms with Crippen LogP contribution in [0.1, 0.15) is 32.1 Å². The van der Waals surface area contributed by atoms with Crippen LogP contribution in [0, 0.1) is 5.92 Å². The van der Waals surface area contributed by atoms with Crippen molar-refractivity contribution in [1.29, 1.82) is 0 Å². The molecule has 1 atom stereocenters. The first kappa shape index (κ1) is 14.3. The Bertz CT molecular complexity index is 275. The molecule has 2 aliphatic carbocycles. The topological polar surface area (TPSA) is 52.7 Å². The first-order valence-electron chi connectivity index (χ1n) is 7.18. The predicted octanol–water partition coefficient (Wildman–Crippen LogP) is 0.502. The van der Waals surface area contributed by atoms with Gasteiger partial charge < -0.3 is 20.6 Å². The van der Waals surface area contributed by atoms with Crippen LogP contribution in [0.5, 0.6) is 0 Å². The molecule has 1 unspecified atom stereocenters. The van der Waals surface area contributed by atoms with Crippen molar-refractivity contribution >= 4 is 0 Å². The normalized spacial score (nSPS) is 26.2. The van der Waals surface area contributed by atoms with E-state index in [-0.39, 0.29) is 12.1 Å². The lowest BCUT2D eigenvalue weighted by Gasteiger charge is -2.50. The van der Waals surface area contributed by atoms with E-state index in [1.54, 1.807) is 0 Å². The minimum atomic E-state index is -0.383. The van der Waals surface area contributed by atoms with Crippen molar-refractivity contribution in [3.05, 3.63) is 0 Å². The molecular weight excluding hydrogens is 226 g/mol. The van der Waals surface area contributed by atoms with E-state index >= 15 is 0 Å². The van der Waals surface area contributed by atoms with Gasteiger partial charge in [-0.3, -0.25) is 0 Å². The van der Waals surface area contributed by atoms with E-state index in [0.29, 0.717) is 11.5 Å². The number of aliphatic hydroxyl groups excluding tert-OH is 1. The third kappa shape index (κ3) is 2.72. The Morgan fingerprint density at radius 1 is 1.28 bits per heavy atom. The quantitative estimate of drug-likeness (QED) is 0.696. The Labute approximate surface area is 111 Å². The second-order valence-corrected chi connectivity index (χ2v) is 6.81. The van der Waals surface area contributed by atoms with Crippen LogP contribution in [0.15, 0.2) is 0 Å². The zero-order chi connectivity index (χ0) is 13.4. The van der Waals surface area contributed by atoms with Gasteiger partial charge in [-0.15, -0.1) is 0 Å². The van der Waals surface area contributed by atoms with Crippen LogP contribution in [-0.4, -0.2) is 66.8 Å². The van der Waals surface area contributed by atoms with Crippen LogP contribution >= 0.6 is 0 Å². The molecule has 4 nitrogen and oxygen atoms in total. The maximum Gasteiger partial charge on any atom is 0.0626 e. The van der Waals surface area contributed by atoms with Gasteiger partial charge >= 0.3 is 0 Å². The van der Waals surface area contributed by atoms with Gasteiger partial charge in [0, 0.05) is 18.6 Å². The standard InChI is InChI=1S/C14H29N3O/c1-16(2)13(7-4-8-13)9-17(3)10-14(15,11-18)12-5-6-12/h12,18H,4-11,15H2,1-3H3. The van der Waals surface area contributed by atoms with E-state index in [4.69, 9.17) is 5.73 Å². The van der Waals surface area contributed by atoms with Gasteiger partial charge in [-0.1, -0.05) is 0 Å². The molecule has 0 bridgehead atoms. The summed E-state index contributed by atoms with van der Waals surface area (Å²) in [5.41, 5.74) is 6.31. The zero-order valence-electron chi connectivity index (χ0n) is 12.2. The molecular formula is C14H29N3O. The van der Waals surface area contributed by atoms with Crippen molar-refractivity contribution < 1.29 is 5.11 Å². The SMILES string of the molecule is CN(CC(N)(CO)C1CC1)CC1(N(C)C)CCC1. The molecule has 106 valence electrons. The van der Waals surface area contributed by atoms with Crippen molar-refractivity contribution in [2.24, 2.45) is 11.7 Å². The summed E-state index contributed by atoms with van der Waals surface area (Å²) in [5.74, 6) is 0.529. The highest BCUT2D eigenvalue weighted by Crippen LogP contribution is 2.40. The fourth-order valence-electron chi connectivity index (χ4n) is 3.36. The fourth-order valence-corrected chi connectivity index (χ4v) is 3.36. The van der Waals surface area contributed by atoms with Crippen molar-refractivity contribution in [2.45, 2.75) is 43.2 Å². The summed E-state index contributed by atoms with van der Waals surface area (Å²) in [7, 11) is 6.49. The molecule has 2 fully saturated rings. The van der Waals surface area contributed by atoms with Gasteiger partial charge in [0.1, 0.15) is 0 Å². The molecule has 2 rings (SSSR count). The van der Waals surface area contributed by atoms with Crippen LogP contribution in [0.25, 0.3) is 0 Å². The largest absolute Gasteiger partial charge is 0.394 e. The van der Waals surface area contributed by atoms with Crippen LogP contribution in [-0.2, 0) is 0 Å². The first-order valence-corrected chi connectivity index (χ1v) is 7.18. The second-order valence-electron chi connectivity index (χ2n) is 6.81. The number of hydrogen-bond donors (Lipinski definition) is 2. The molecule has 2 saturated carbocycles. The van der Waals surface area contributed by atoms with Crippen molar-refractivity contribution in [1.82, 2.24) is 9.80 Å². The van der Waals surface area contributed by atoms with E-state index in [1.807, 2.05) is 0 Å². The minimum absolute atomic E-state index is 0.108. The summed E-state index contributed by atoms with van der Waals surface area (Å²) in [6.45, 7) is 1.98. The van der Waals surface area contributed by atoms with Gasteiger partial charge in [0.05, 0.1) is 12.1 Å². The smallest absolute Gasteiger partial charge is 0.0626 e. The van der Waals surface area contributed by atoms with Crippen LogP contribution in [0.2, 0.25) is 0 Å². The van der Waals surface area contributed by atoms with Crippen molar-refractivity contribution in [3.8, 4) is 0 Å². The summed E-state index contributed by atoms with van der Waals surface area (Å²) in [5, 5.41) is 9.56. The molecule has 18 heavy (non-hydrogen) atoms. The van der Waals surface area contributed by atoms with Crippen LogP contribution in [0.3, 0.4) is 0 Å². The van der Waals surface area contributed by atoms with E-state index < -0.39 is 0 Å². The number of aliphatic hydroxyl groups is 1. The molecule has 0 radical (unpaired) electrons. The van der Waals surface area contributed by atoms with Gasteiger partial charge in [0.25, 0.3) is 0 Å². The molecule has 0 amide bonds. The van der Waals surface area contributed by atoms with Crippen molar-refractivity contribution in [3.63, 3.8) is 0 Å². The van der Waals surface area contributed by atoms with Gasteiger partial charge in [-0.2, -0.15) is 0 Å². The molecule has 0 saturated heterocycles. The van der Waals surface area contributed by atoms with Gasteiger partial charge in [0.2, 0.25) is 0 Å². The van der Waals surface area contributed by atoms with E-state index in [1.165, 1.54) is 32.1 Å². The molecule has 0 aromatic heterocycles. The van der Waals surface area contributed by atoms with Gasteiger partial charge in [-0.05, 0) is 59.2 Å². The maximum absolute atomic E-state index is 9.56. The Hall–Kier alpha value is -0.160. The van der Waals surface area contributed by atoms with Crippen LogP contribution in [0.4, 0.5) is 0 Å². The van der Waals surface area contributed by atoms with Gasteiger partial charge in [0.15, 0.2) is 0 Å². The fraction of sp³-hybridized carbons (Fsp3) is 1.00. The van der Waals surface area contributed by atoms with Crippen LogP contribution < -0.4 is 5.73 Å². The lowest BCUT2D eigenvalue weighted by molar-refractivity contribution is 0.0165. The first-order chi connectivity index (χ1) is 8.42. The van der Waals surface area contributed by atoms with E-state index in [9.17, 15) is 5.11 Å². The average molecular weight is 255 g/mol. The summed E-state index contributed by atoms with van der Waals surface area (Å²) in [6, 6.07) is 0. The molecule has 0 aromatic carbocycles. The van der Waals surface area contributed by atoms with Gasteiger partial charge in [-0.25, -0.2) is 0 Å². The monoisotopic (exact) mass is 255 g/mol. The highest BCUT2D eigenvalue weighted by atomic mass is 16.3. The second kappa shape index (κ2) is 5.08. The van der Waals surface area contributed by atoms with E-state index in [0.717, 1.165) is 13.1 Å². The van der Waals surface area contributed by atoms with Crippen molar-refractivity contribution in [2.75, 3.05) is 40.8 Å². The summed E-state index contributed by atoms with van der Waals surface area (Å²) < 4.78 is 0. The number of nitrogens with zero attached hydrogens (tertiary/aromatic N) is 2. The minimum Gasteiger partial charge on any atom is -0.394 e. The summed E-state index contributed by atoms with van der Waals surface area (Å²) in [4.78, 5) is 4.69. The molecule has 2 aliphatic rings. The Balaban J connectivity index is 1.89. The molecule has 4 heteroatoms. The number of hydrogen-bond acceptors (Lipinski definition) is 4. The summed E-state index contributed by atoms with van der Waals surface area (Å²) in [6.07, 6.45) is 6.27. The lowest BCUT2D eigenvalue weighted by Crippen LogP contribution is -2.60. The Morgan fingerprint density at radius 2 is 1.89 bits per heavy atom. The highest BCUT2D eigenvalue weighted by molar-refractivity contribution is 5.03. The molecule has 0 heterocycles. The van der Waals surface area contributed by atoms with E-state index in [2.05, 4.69) is 30.9 Å². The average Bonchev–Trinajstić information content (AvgIpc) is 3.06. The molecule has 0 aromatic rings. The lowest BCUT2D eigenvalue weighted by atomic mass is 9.75. The molecule has 3 N–H and O–H groups in total. The molecule has 0 spiro atoms.